The van der Waals surface area contributed by atoms with Gasteiger partial charge in [0.2, 0.25) is 12.2 Å². The highest BCUT2D eigenvalue weighted by Gasteiger charge is 2.40. The van der Waals surface area contributed by atoms with Crippen LogP contribution in [0.2, 0.25) is 0 Å². The molecule has 4 rings (SSSR count). The van der Waals surface area contributed by atoms with Gasteiger partial charge in [-0.05, 0) is 37.3 Å². The van der Waals surface area contributed by atoms with E-state index in [4.69, 9.17) is 19.9 Å². The van der Waals surface area contributed by atoms with Gasteiger partial charge in [-0.1, -0.05) is 0 Å². The smallest absolute Gasteiger partial charge is 0.316 e. The largest absolute Gasteiger partial charge is 0.467 e. The maximum atomic E-state index is 13.5. The van der Waals surface area contributed by atoms with Gasteiger partial charge in [0.05, 0.1) is 42.8 Å². The summed E-state index contributed by atoms with van der Waals surface area (Å²) in [6.45, 7) is 2.76. The molecule has 1 amide bonds. The van der Waals surface area contributed by atoms with Gasteiger partial charge >= 0.3 is 6.01 Å². The second-order valence-corrected chi connectivity index (χ2v) is 7.84. The normalized spacial score (nSPS) is 20.4. The number of carbonyl (C=O) groups is 1. The molecule has 0 atom stereocenters. The van der Waals surface area contributed by atoms with Gasteiger partial charge in [-0.2, -0.15) is 4.98 Å². The number of nitrogens with zero attached hydrogens (tertiary/aromatic N) is 3. The van der Waals surface area contributed by atoms with Crippen LogP contribution in [0.5, 0.6) is 6.01 Å². The molecule has 1 fully saturated rings. The second-order valence-electron chi connectivity index (χ2n) is 7.84. The molecule has 3 aromatic rings. The molecule has 0 aliphatic carbocycles. The molecule has 33 heavy (non-hydrogen) atoms. The summed E-state index contributed by atoms with van der Waals surface area (Å²) in [7, 11) is 1.47. The maximum absolute atomic E-state index is 13.5. The molecule has 4 N–H and O–H groups in total. The van der Waals surface area contributed by atoms with Crippen molar-refractivity contribution in [3.63, 3.8) is 0 Å². The predicted octanol–water partition coefficient (Wildman–Crippen LogP) is 1.81. The van der Waals surface area contributed by atoms with Crippen molar-refractivity contribution in [2.24, 2.45) is 11.1 Å². The number of hydrogen-bond acceptors (Lipinski definition) is 8. The van der Waals surface area contributed by atoms with Crippen molar-refractivity contribution in [1.82, 2.24) is 25.3 Å². The number of nitrogens with two attached hydrogens (primary N) is 1. The summed E-state index contributed by atoms with van der Waals surface area (Å²) in [6.07, 6.45) is 0.742. The molecule has 0 bridgehead atoms. The van der Waals surface area contributed by atoms with Gasteiger partial charge in [-0.3, -0.25) is 4.79 Å². The predicted molar refractivity (Wildman–Crippen MR) is 116 cm³/mol. The quantitative estimate of drug-likeness (QED) is 0.490. The zero-order valence-electron chi connectivity index (χ0n) is 18.3. The second kappa shape index (κ2) is 9.61. The summed E-state index contributed by atoms with van der Waals surface area (Å²) >= 11 is 0. The van der Waals surface area contributed by atoms with Gasteiger partial charge in [0.15, 0.2) is 5.82 Å². The highest BCUT2D eigenvalue weighted by Crippen LogP contribution is 2.35. The third kappa shape index (κ3) is 4.85. The first-order valence-electron chi connectivity index (χ1n) is 10.4. The van der Waals surface area contributed by atoms with E-state index in [2.05, 4.69) is 25.3 Å². The molecule has 1 aromatic carbocycles. The number of nitrogens with one attached hydrogen (secondary N) is 2. The van der Waals surface area contributed by atoms with Gasteiger partial charge in [-0.25, -0.2) is 14.4 Å². The minimum atomic E-state index is -0.846. The number of hydrogen-bond donors (Lipinski definition) is 3. The van der Waals surface area contributed by atoms with E-state index in [1.807, 2.05) is 0 Å². The Balaban J connectivity index is 1.63. The number of aromatic amines is 1. The van der Waals surface area contributed by atoms with Crippen LogP contribution >= 0.6 is 0 Å². The molecule has 174 valence electrons. The maximum Gasteiger partial charge on any atom is 0.316 e. The molecular weight excluding hydrogens is 431 g/mol. The summed E-state index contributed by atoms with van der Waals surface area (Å²) in [5, 5.41) is 2.76. The van der Waals surface area contributed by atoms with Crippen molar-refractivity contribution in [1.29, 1.82) is 0 Å². The highest BCUT2D eigenvalue weighted by atomic mass is 19.1. The van der Waals surface area contributed by atoms with Gasteiger partial charge in [-0.15, -0.1) is 0 Å². The van der Waals surface area contributed by atoms with E-state index in [9.17, 15) is 9.18 Å². The molecule has 0 spiro atoms. The Labute approximate surface area is 189 Å². The Kier molecular flexibility index (Phi) is 6.63. The van der Waals surface area contributed by atoms with E-state index in [1.165, 1.54) is 19.2 Å². The van der Waals surface area contributed by atoms with Gasteiger partial charge in [0.25, 0.3) is 0 Å². The number of carbonyl (C=O) groups excluding carboxylic acids is 1. The summed E-state index contributed by atoms with van der Waals surface area (Å²) < 4.78 is 30.3. The molecule has 0 radical (unpaired) electrons. The van der Waals surface area contributed by atoms with Crippen LogP contribution in [0.4, 0.5) is 4.39 Å². The van der Waals surface area contributed by atoms with Gasteiger partial charge in [0, 0.05) is 24.8 Å². The lowest BCUT2D eigenvalue weighted by Gasteiger charge is -2.35. The Morgan fingerprint density at radius 2 is 2.00 bits per heavy atom. The lowest BCUT2D eigenvalue weighted by atomic mass is 9.91. The average molecular weight is 456 g/mol. The van der Waals surface area contributed by atoms with Crippen LogP contribution < -0.4 is 15.8 Å². The van der Waals surface area contributed by atoms with Crippen LogP contribution in [-0.4, -0.2) is 59.3 Å². The highest BCUT2D eigenvalue weighted by molar-refractivity contribution is 5.82. The SMILES string of the molecule is COc1nccc(-c2[nH]c(C3OCC(C)(C(=O)NCCN)CO3)nc2-c2ccc(F)cc2)n1. The zero-order chi connectivity index (χ0) is 23.4. The molecule has 1 saturated heterocycles. The fraction of sp³-hybridized carbons (Fsp3) is 0.364. The number of H-pyrrole nitrogens is 1. The van der Waals surface area contributed by atoms with Crippen molar-refractivity contribution in [2.75, 3.05) is 33.4 Å². The van der Waals surface area contributed by atoms with E-state index in [0.29, 0.717) is 41.6 Å². The number of ether oxygens (including phenoxy) is 3. The van der Waals surface area contributed by atoms with Crippen molar-refractivity contribution in [3.8, 4) is 28.7 Å². The first-order valence-corrected chi connectivity index (χ1v) is 10.4. The third-order valence-electron chi connectivity index (χ3n) is 5.22. The van der Waals surface area contributed by atoms with E-state index < -0.39 is 11.7 Å². The number of methoxy groups -OCH3 is 1. The van der Waals surface area contributed by atoms with Crippen molar-refractivity contribution in [3.05, 3.63) is 48.2 Å². The standard InChI is InChI=1S/C22H25FN6O4/c1-22(20(30)25-10-8-24)11-32-19(33-12-22)18-28-16(13-3-5-14(23)6-4-13)17(29-18)15-7-9-26-21(27-15)31-2/h3-7,9,19H,8,10-12,24H2,1-2H3,(H,25,30)(H,28,29). The summed E-state index contributed by atoms with van der Waals surface area (Å²) in [6, 6.07) is 7.85. The number of rotatable bonds is 7. The lowest BCUT2D eigenvalue weighted by molar-refractivity contribution is -0.231. The molecule has 2 aromatic heterocycles. The van der Waals surface area contributed by atoms with Crippen LogP contribution in [0.1, 0.15) is 19.0 Å². The number of amides is 1. The lowest BCUT2D eigenvalue weighted by Crippen LogP contribution is -2.49. The van der Waals surface area contributed by atoms with Crippen LogP contribution in [0.25, 0.3) is 22.6 Å². The van der Waals surface area contributed by atoms with E-state index >= 15 is 0 Å². The minimum absolute atomic E-state index is 0.136. The number of halogens is 1. The average Bonchev–Trinajstić information content (AvgIpc) is 3.29. The fourth-order valence-corrected chi connectivity index (χ4v) is 3.38. The molecule has 1 aliphatic rings. The third-order valence-corrected chi connectivity index (χ3v) is 5.22. The molecule has 0 unspecified atom stereocenters. The zero-order valence-corrected chi connectivity index (χ0v) is 18.3. The Hall–Kier alpha value is -3.41. The van der Waals surface area contributed by atoms with E-state index in [-0.39, 0.29) is 30.9 Å². The van der Waals surface area contributed by atoms with Crippen LogP contribution in [0.3, 0.4) is 0 Å². The van der Waals surface area contributed by atoms with E-state index in [0.717, 1.165) is 0 Å². The summed E-state index contributed by atoms with van der Waals surface area (Å²) in [4.78, 5) is 28.7. The molecule has 1 aliphatic heterocycles. The van der Waals surface area contributed by atoms with Crippen LogP contribution in [0, 0.1) is 11.2 Å². The van der Waals surface area contributed by atoms with Crippen molar-refractivity contribution < 1.29 is 23.4 Å². The molecule has 10 nitrogen and oxygen atoms in total. The van der Waals surface area contributed by atoms with Crippen molar-refractivity contribution >= 4 is 5.91 Å². The Morgan fingerprint density at radius 3 is 2.67 bits per heavy atom. The molecule has 0 saturated carbocycles. The summed E-state index contributed by atoms with van der Waals surface area (Å²) in [5.74, 6) is -0.149. The monoisotopic (exact) mass is 456 g/mol. The number of imidazole rings is 1. The van der Waals surface area contributed by atoms with Crippen molar-refractivity contribution in [2.45, 2.75) is 13.2 Å². The first kappa shape index (κ1) is 22.8. The molecule has 3 heterocycles. The van der Waals surface area contributed by atoms with Gasteiger partial charge < -0.3 is 30.2 Å². The number of benzene rings is 1. The number of aromatic nitrogens is 4. The van der Waals surface area contributed by atoms with E-state index in [1.54, 1.807) is 31.3 Å². The minimum Gasteiger partial charge on any atom is -0.467 e. The van der Waals surface area contributed by atoms with Gasteiger partial charge in [0.1, 0.15) is 5.82 Å². The van der Waals surface area contributed by atoms with Crippen LogP contribution in [-0.2, 0) is 14.3 Å². The molecular formula is C22H25FN6O4. The first-order chi connectivity index (χ1) is 15.9. The summed E-state index contributed by atoms with van der Waals surface area (Å²) in [5.41, 5.74) is 6.92. The molecule has 11 heteroatoms. The Morgan fingerprint density at radius 1 is 1.27 bits per heavy atom. The fourth-order valence-electron chi connectivity index (χ4n) is 3.38. The topological polar surface area (TPSA) is 137 Å². The Bertz CT molecular complexity index is 1110. The van der Waals surface area contributed by atoms with Crippen LogP contribution in [0.15, 0.2) is 36.5 Å².